The monoisotopic (exact) mass is 273 g/mol. The first-order valence-electron chi connectivity index (χ1n) is 5.66. The Morgan fingerprint density at radius 3 is 2.89 bits per heavy atom. The molecular formula is C11H19N3O3S. The molecule has 1 aromatic rings. The van der Waals surface area contributed by atoms with Gasteiger partial charge in [-0.1, -0.05) is 0 Å². The van der Waals surface area contributed by atoms with E-state index in [4.69, 9.17) is 10.5 Å². The summed E-state index contributed by atoms with van der Waals surface area (Å²) < 4.78 is 31.8. The van der Waals surface area contributed by atoms with Gasteiger partial charge in [0.2, 0.25) is 10.0 Å². The van der Waals surface area contributed by atoms with Gasteiger partial charge in [-0.05, 0) is 25.5 Å². The molecule has 18 heavy (non-hydrogen) atoms. The number of nitrogens with two attached hydrogens (primary N) is 1. The van der Waals surface area contributed by atoms with E-state index < -0.39 is 10.0 Å². The predicted octanol–water partition coefficient (Wildman–Crippen LogP) is 0.244. The highest BCUT2D eigenvalue weighted by Gasteiger charge is 2.20. The molecule has 0 aliphatic rings. The maximum Gasteiger partial charge on any atom is 0.242 e. The summed E-state index contributed by atoms with van der Waals surface area (Å²) in [6.45, 7) is 2.37. The lowest BCUT2D eigenvalue weighted by Crippen LogP contribution is -2.34. The third-order valence-electron chi connectivity index (χ3n) is 2.44. The lowest BCUT2D eigenvalue weighted by Gasteiger charge is -2.15. The van der Waals surface area contributed by atoms with Crippen molar-refractivity contribution in [3.63, 3.8) is 0 Å². The van der Waals surface area contributed by atoms with Gasteiger partial charge in [-0.2, -0.15) is 0 Å². The second-order valence-corrected chi connectivity index (χ2v) is 5.64. The molecule has 6 nitrogen and oxygen atoms in total. The summed E-state index contributed by atoms with van der Waals surface area (Å²) in [5, 5.41) is 0. The summed E-state index contributed by atoms with van der Waals surface area (Å²) in [4.78, 5) is 4.10. The van der Waals surface area contributed by atoms with E-state index in [1.54, 1.807) is 20.1 Å². The molecular weight excluding hydrogens is 254 g/mol. The number of aromatic nitrogens is 1. The molecule has 1 heterocycles. The number of hydrogen-bond acceptors (Lipinski definition) is 5. The van der Waals surface area contributed by atoms with Gasteiger partial charge in [-0.25, -0.2) is 13.1 Å². The molecule has 0 saturated heterocycles. The molecule has 1 aromatic heterocycles. The Morgan fingerprint density at radius 1 is 1.56 bits per heavy atom. The van der Waals surface area contributed by atoms with Crippen LogP contribution in [0.15, 0.2) is 23.2 Å². The molecule has 1 unspecified atom stereocenters. The van der Waals surface area contributed by atoms with E-state index in [1.807, 2.05) is 0 Å². The molecule has 3 N–H and O–H groups in total. The van der Waals surface area contributed by atoms with Crippen molar-refractivity contribution < 1.29 is 13.2 Å². The van der Waals surface area contributed by atoms with Gasteiger partial charge in [0.05, 0.1) is 5.69 Å². The third-order valence-corrected chi connectivity index (χ3v) is 4.11. The van der Waals surface area contributed by atoms with Crippen LogP contribution >= 0.6 is 0 Å². The molecule has 0 aliphatic heterocycles. The summed E-state index contributed by atoms with van der Waals surface area (Å²) in [7, 11) is -2.00. The number of nitrogens with zero attached hydrogens (tertiary/aromatic N) is 1. The SMILES string of the molecule is COCCC(C)NS(=O)(=O)c1cccnc1CN. The number of ether oxygens (including phenoxy) is 1. The Balaban J connectivity index is 2.86. The zero-order valence-electron chi connectivity index (χ0n) is 10.6. The Morgan fingerprint density at radius 2 is 2.28 bits per heavy atom. The average Bonchev–Trinajstić information content (AvgIpc) is 2.35. The fourth-order valence-electron chi connectivity index (χ4n) is 1.50. The number of sulfonamides is 1. The van der Waals surface area contributed by atoms with Crippen molar-refractivity contribution in [2.45, 2.75) is 30.8 Å². The van der Waals surface area contributed by atoms with E-state index in [0.29, 0.717) is 18.7 Å². The normalized spacial score (nSPS) is 13.5. The number of hydrogen-bond donors (Lipinski definition) is 2. The fourth-order valence-corrected chi connectivity index (χ4v) is 2.98. The Hall–Kier alpha value is -1.02. The standard InChI is InChI=1S/C11H19N3O3S/c1-9(5-7-17-2)14-18(15,16)11-4-3-6-13-10(11)8-12/h3-4,6,9,14H,5,7-8,12H2,1-2H3. The van der Waals surface area contributed by atoms with Crippen LogP contribution < -0.4 is 10.5 Å². The van der Waals surface area contributed by atoms with Crippen LogP contribution in [0.1, 0.15) is 19.0 Å². The van der Waals surface area contributed by atoms with Crippen molar-refractivity contribution in [2.24, 2.45) is 5.73 Å². The third kappa shape index (κ3) is 4.02. The number of methoxy groups -OCH3 is 1. The van der Waals surface area contributed by atoms with E-state index in [0.717, 1.165) is 0 Å². The Labute approximate surface area is 108 Å². The zero-order chi connectivity index (χ0) is 13.6. The van der Waals surface area contributed by atoms with Gasteiger partial charge in [-0.3, -0.25) is 4.98 Å². The molecule has 1 rings (SSSR count). The minimum absolute atomic E-state index is 0.0868. The van der Waals surface area contributed by atoms with Crippen LogP contribution in [0.3, 0.4) is 0 Å². The smallest absolute Gasteiger partial charge is 0.242 e. The van der Waals surface area contributed by atoms with Crippen molar-refractivity contribution in [3.8, 4) is 0 Å². The van der Waals surface area contributed by atoms with Crippen LogP contribution in [0.4, 0.5) is 0 Å². The molecule has 0 saturated carbocycles. The number of pyridine rings is 1. The molecule has 0 aromatic carbocycles. The highest BCUT2D eigenvalue weighted by Crippen LogP contribution is 2.13. The molecule has 0 fully saturated rings. The highest BCUT2D eigenvalue weighted by molar-refractivity contribution is 7.89. The average molecular weight is 273 g/mol. The van der Waals surface area contributed by atoms with E-state index >= 15 is 0 Å². The first-order chi connectivity index (χ1) is 8.51. The quantitative estimate of drug-likeness (QED) is 0.742. The van der Waals surface area contributed by atoms with Gasteiger partial charge in [0.15, 0.2) is 0 Å². The van der Waals surface area contributed by atoms with Crippen LogP contribution in [-0.4, -0.2) is 33.2 Å². The van der Waals surface area contributed by atoms with Crippen LogP contribution in [0.2, 0.25) is 0 Å². The van der Waals surface area contributed by atoms with Crippen molar-refractivity contribution >= 4 is 10.0 Å². The summed E-state index contributed by atoms with van der Waals surface area (Å²) in [5.41, 5.74) is 5.85. The molecule has 0 aliphatic carbocycles. The van der Waals surface area contributed by atoms with Crippen LogP contribution in [0.5, 0.6) is 0 Å². The van der Waals surface area contributed by atoms with E-state index in [9.17, 15) is 8.42 Å². The highest BCUT2D eigenvalue weighted by atomic mass is 32.2. The largest absolute Gasteiger partial charge is 0.385 e. The van der Waals surface area contributed by atoms with Crippen molar-refractivity contribution in [2.75, 3.05) is 13.7 Å². The molecule has 0 amide bonds. The fraction of sp³-hybridized carbons (Fsp3) is 0.545. The molecule has 102 valence electrons. The van der Waals surface area contributed by atoms with E-state index in [1.165, 1.54) is 12.3 Å². The Kier molecular flexibility index (Phi) is 5.67. The minimum Gasteiger partial charge on any atom is -0.385 e. The maximum absolute atomic E-state index is 12.1. The van der Waals surface area contributed by atoms with Crippen molar-refractivity contribution in [3.05, 3.63) is 24.0 Å². The molecule has 0 bridgehead atoms. The number of rotatable bonds is 7. The van der Waals surface area contributed by atoms with Crippen LogP contribution in [0, 0.1) is 0 Å². The van der Waals surface area contributed by atoms with E-state index in [-0.39, 0.29) is 17.5 Å². The van der Waals surface area contributed by atoms with Gasteiger partial charge in [0, 0.05) is 32.5 Å². The topological polar surface area (TPSA) is 94.3 Å². The molecule has 0 spiro atoms. The molecule has 1 atom stereocenters. The predicted molar refractivity (Wildman–Crippen MR) is 68.4 cm³/mol. The summed E-state index contributed by atoms with van der Waals surface area (Å²) >= 11 is 0. The zero-order valence-corrected chi connectivity index (χ0v) is 11.4. The minimum atomic E-state index is -3.58. The van der Waals surface area contributed by atoms with Gasteiger partial charge in [0.1, 0.15) is 4.90 Å². The molecule has 0 radical (unpaired) electrons. The maximum atomic E-state index is 12.1. The number of nitrogens with one attached hydrogen (secondary N) is 1. The summed E-state index contributed by atoms with van der Waals surface area (Å²) in [5.74, 6) is 0. The lowest BCUT2D eigenvalue weighted by atomic mass is 10.3. The Bertz CT molecular complexity index is 476. The van der Waals surface area contributed by atoms with Gasteiger partial charge >= 0.3 is 0 Å². The van der Waals surface area contributed by atoms with Gasteiger partial charge < -0.3 is 10.5 Å². The first-order valence-corrected chi connectivity index (χ1v) is 7.14. The lowest BCUT2D eigenvalue weighted by molar-refractivity contribution is 0.188. The van der Waals surface area contributed by atoms with Gasteiger partial charge in [0.25, 0.3) is 0 Å². The second-order valence-electron chi connectivity index (χ2n) is 3.96. The van der Waals surface area contributed by atoms with Crippen molar-refractivity contribution in [1.29, 1.82) is 0 Å². The van der Waals surface area contributed by atoms with Crippen LogP contribution in [-0.2, 0) is 21.3 Å². The first kappa shape index (κ1) is 15.0. The van der Waals surface area contributed by atoms with Crippen molar-refractivity contribution in [1.82, 2.24) is 9.71 Å². The summed E-state index contributed by atoms with van der Waals surface area (Å²) in [6, 6.07) is 2.87. The summed E-state index contributed by atoms with van der Waals surface area (Å²) in [6.07, 6.45) is 2.13. The second kappa shape index (κ2) is 6.79. The van der Waals surface area contributed by atoms with Gasteiger partial charge in [-0.15, -0.1) is 0 Å². The molecule has 7 heteroatoms. The van der Waals surface area contributed by atoms with Crippen LogP contribution in [0.25, 0.3) is 0 Å². The van der Waals surface area contributed by atoms with E-state index in [2.05, 4.69) is 9.71 Å².